The first kappa shape index (κ1) is 17.1. The predicted octanol–water partition coefficient (Wildman–Crippen LogP) is 1.43. The van der Waals surface area contributed by atoms with Crippen LogP contribution in [0.1, 0.15) is 38.5 Å². The molecular formula is C17H29N3O2S. The van der Waals surface area contributed by atoms with E-state index in [-0.39, 0.29) is 17.9 Å². The molecule has 0 aromatic heterocycles. The van der Waals surface area contributed by atoms with Crippen LogP contribution >= 0.6 is 11.8 Å². The van der Waals surface area contributed by atoms with Gasteiger partial charge in [0, 0.05) is 37.7 Å². The summed E-state index contributed by atoms with van der Waals surface area (Å²) in [4.78, 5) is 31.5. The van der Waals surface area contributed by atoms with E-state index in [0.29, 0.717) is 6.54 Å². The van der Waals surface area contributed by atoms with Gasteiger partial charge in [0.05, 0.1) is 12.6 Å². The Hall–Kier alpha value is -0.750. The van der Waals surface area contributed by atoms with Crippen LogP contribution in [0.2, 0.25) is 0 Å². The maximum atomic E-state index is 12.8. The van der Waals surface area contributed by atoms with Crippen LogP contribution in [0.3, 0.4) is 0 Å². The summed E-state index contributed by atoms with van der Waals surface area (Å²) in [5.74, 6) is 2.57. The second kappa shape index (κ2) is 8.38. The molecule has 0 unspecified atom stereocenters. The second-order valence-electron chi connectivity index (χ2n) is 6.86. The molecule has 5 nitrogen and oxygen atoms in total. The SMILES string of the molecule is O=C(CN1CCC[C@@H]1C(=O)N1CCSCC1)N1CCCCCC1. The zero-order valence-corrected chi connectivity index (χ0v) is 14.9. The number of rotatable bonds is 3. The normalized spacial score (nSPS) is 27.0. The average Bonchev–Trinajstić information content (AvgIpc) is 2.86. The number of amides is 2. The fourth-order valence-electron chi connectivity index (χ4n) is 3.88. The van der Waals surface area contributed by atoms with Crippen molar-refractivity contribution in [1.29, 1.82) is 0 Å². The molecule has 0 saturated carbocycles. The maximum Gasteiger partial charge on any atom is 0.239 e. The Balaban J connectivity index is 1.55. The number of likely N-dealkylation sites (tertiary alicyclic amines) is 2. The third-order valence-electron chi connectivity index (χ3n) is 5.27. The number of nitrogens with zero attached hydrogens (tertiary/aromatic N) is 3. The summed E-state index contributed by atoms with van der Waals surface area (Å²) in [5.41, 5.74) is 0. The maximum absolute atomic E-state index is 12.8. The summed E-state index contributed by atoms with van der Waals surface area (Å²) >= 11 is 1.92. The number of carbonyl (C=O) groups is 2. The summed E-state index contributed by atoms with van der Waals surface area (Å²) in [7, 11) is 0. The molecule has 0 aromatic carbocycles. The molecule has 3 heterocycles. The van der Waals surface area contributed by atoms with Crippen molar-refractivity contribution in [3.8, 4) is 0 Å². The van der Waals surface area contributed by atoms with Crippen LogP contribution < -0.4 is 0 Å². The lowest BCUT2D eigenvalue weighted by Gasteiger charge is -2.33. The highest BCUT2D eigenvalue weighted by molar-refractivity contribution is 7.99. The van der Waals surface area contributed by atoms with Crippen LogP contribution in [0.25, 0.3) is 0 Å². The monoisotopic (exact) mass is 339 g/mol. The van der Waals surface area contributed by atoms with E-state index in [1.165, 1.54) is 12.8 Å². The number of thioether (sulfide) groups is 1. The second-order valence-corrected chi connectivity index (χ2v) is 8.09. The Morgan fingerprint density at radius 3 is 2.22 bits per heavy atom. The Morgan fingerprint density at radius 1 is 0.826 bits per heavy atom. The van der Waals surface area contributed by atoms with Crippen molar-refractivity contribution in [3.63, 3.8) is 0 Å². The number of hydrogen-bond acceptors (Lipinski definition) is 4. The van der Waals surface area contributed by atoms with Crippen LogP contribution in [0, 0.1) is 0 Å². The summed E-state index contributed by atoms with van der Waals surface area (Å²) in [6.07, 6.45) is 6.67. The summed E-state index contributed by atoms with van der Waals surface area (Å²) in [5, 5.41) is 0. The Labute approximate surface area is 143 Å². The van der Waals surface area contributed by atoms with E-state index in [4.69, 9.17) is 0 Å². The van der Waals surface area contributed by atoms with Gasteiger partial charge in [-0.05, 0) is 32.2 Å². The molecule has 0 bridgehead atoms. The van der Waals surface area contributed by atoms with E-state index in [1.54, 1.807) is 0 Å². The molecule has 3 rings (SSSR count). The van der Waals surface area contributed by atoms with Crippen molar-refractivity contribution in [1.82, 2.24) is 14.7 Å². The van der Waals surface area contributed by atoms with Gasteiger partial charge in [0.2, 0.25) is 11.8 Å². The molecular weight excluding hydrogens is 310 g/mol. The lowest BCUT2D eigenvalue weighted by Crippen LogP contribution is -2.51. The highest BCUT2D eigenvalue weighted by Crippen LogP contribution is 2.21. The molecule has 0 N–H and O–H groups in total. The standard InChI is InChI=1S/C17H29N3O2S/c21-16(18-7-3-1-2-4-8-18)14-20-9-5-6-15(20)17(22)19-10-12-23-13-11-19/h15H,1-14H2/t15-/m1/s1. The molecule has 3 fully saturated rings. The van der Waals surface area contributed by atoms with E-state index >= 15 is 0 Å². The fourth-order valence-corrected chi connectivity index (χ4v) is 4.79. The van der Waals surface area contributed by atoms with E-state index in [1.807, 2.05) is 21.6 Å². The van der Waals surface area contributed by atoms with E-state index in [9.17, 15) is 9.59 Å². The lowest BCUT2D eigenvalue weighted by molar-refractivity contribution is -0.138. The number of carbonyl (C=O) groups excluding carboxylic acids is 2. The molecule has 1 atom stereocenters. The Kier molecular flexibility index (Phi) is 6.22. The lowest BCUT2D eigenvalue weighted by atomic mass is 10.2. The smallest absolute Gasteiger partial charge is 0.239 e. The molecule has 3 aliphatic rings. The van der Waals surface area contributed by atoms with E-state index < -0.39 is 0 Å². The molecule has 130 valence electrons. The molecule has 6 heteroatoms. The first-order valence-corrected chi connectivity index (χ1v) is 10.3. The summed E-state index contributed by atoms with van der Waals surface area (Å²) in [6, 6.07) is -0.0611. The van der Waals surface area contributed by atoms with Gasteiger partial charge in [0.25, 0.3) is 0 Å². The Morgan fingerprint density at radius 2 is 1.52 bits per heavy atom. The largest absolute Gasteiger partial charge is 0.342 e. The highest BCUT2D eigenvalue weighted by atomic mass is 32.2. The minimum atomic E-state index is -0.0611. The van der Waals surface area contributed by atoms with Crippen molar-refractivity contribution in [3.05, 3.63) is 0 Å². The minimum absolute atomic E-state index is 0.0611. The third kappa shape index (κ3) is 4.41. The summed E-state index contributed by atoms with van der Waals surface area (Å²) in [6.45, 7) is 4.85. The van der Waals surface area contributed by atoms with Crippen molar-refractivity contribution in [2.75, 3.05) is 50.8 Å². The van der Waals surface area contributed by atoms with Gasteiger partial charge in [-0.2, -0.15) is 11.8 Å². The van der Waals surface area contributed by atoms with Gasteiger partial charge < -0.3 is 9.80 Å². The van der Waals surface area contributed by atoms with Crippen molar-refractivity contribution >= 4 is 23.6 Å². The first-order valence-electron chi connectivity index (χ1n) is 9.14. The topological polar surface area (TPSA) is 43.9 Å². The van der Waals surface area contributed by atoms with Gasteiger partial charge in [-0.3, -0.25) is 14.5 Å². The van der Waals surface area contributed by atoms with Gasteiger partial charge in [-0.25, -0.2) is 0 Å². The zero-order chi connectivity index (χ0) is 16.1. The molecule has 2 amide bonds. The van der Waals surface area contributed by atoms with Crippen LogP contribution in [-0.4, -0.2) is 83.3 Å². The molecule has 3 saturated heterocycles. The number of hydrogen-bond donors (Lipinski definition) is 0. The first-order chi connectivity index (χ1) is 11.3. The van der Waals surface area contributed by atoms with Gasteiger partial charge in [0.1, 0.15) is 0 Å². The van der Waals surface area contributed by atoms with Crippen LogP contribution in [0.15, 0.2) is 0 Å². The average molecular weight is 340 g/mol. The minimum Gasteiger partial charge on any atom is -0.342 e. The molecule has 0 aliphatic carbocycles. The van der Waals surface area contributed by atoms with Crippen LogP contribution in [0.4, 0.5) is 0 Å². The fraction of sp³-hybridized carbons (Fsp3) is 0.882. The highest BCUT2D eigenvalue weighted by Gasteiger charge is 2.35. The zero-order valence-electron chi connectivity index (χ0n) is 14.0. The van der Waals surface area contributed by atoms with Crippen LogP contribution in [0.5, 0.6) is 0 Å². The van der Waals surface area contributed by atoms with Gasteiger partial charge in [-0.1, -0.05) is 12.8 Å². The van der Waals surface area contributed by atoms with Crippen molar-refractivity contribution in [2.45, 2.75) is 44.6 Å². The van der Waals surface area contributed by atoms with Crippen molar-refractivity contribution in [2.24, 2.45) is 0 Å². The Bertz CT molecular complexity index is 418. The van der Waals surface area contributed by atoms with E-state index in [0.717, 1.165) is 69.9 Å². The van der Waals surface area contributed by atoms with Crippen molar-refractivity contribution < 1.29 is 9.59 Å². The molecule has 3 aliphatic heterocycles. The summed E-state index contributed by atoms with van der Waals surface area (Å²) < 4.78 is 0. The predicted molar refractivity (Wildman–Crippen MR) is 93.5 cm³/mol. The van der Waals surface area contributed by atoms with Gasteiger partial charge in [-0.15, -0.1) is 0 Å². The van der Waals surface area contributed by atoms with Gasteiger partial charge in [0.15, 0.2) is 0 Å². The molecule has 23 heavy (non-hydrogen) atoms. The van der Waals surface area contributed by atoms with E-state index in [2.05, 4.69) is 4.90 Å². The quantitative estimate of drug-likeness (QED) is 0.780. The van der Waals surface area contributed by atoms with Crippen LogP contribution in [-0.2, 0) is 9.59 Å². The molecule has 0 spiro atoms. The third-order valence-corrected chi connectivity index (χ3v) is 6.21. The molecule has 0 radical (unpaired) electrons. The van der Waals surface area contributed by atoms with Gasteiger partial charge >= 0.3 is 0 Å². The molecule has 0 aromatic rings.